The normalized spacial score (nSPS) is 50.7. The number of rotatable bonds is 3. The Morgan fingerprint density at radius 3 is 2.44 bits per heavy atom. The third kappa shape index (κ3) is 3.91. The Morgan fingerprint density at radius 2 is 1.75 bits per heavy atom. The van der Waals surface area contributed by atoms with Crippen LogP contribution in [0.3, 0.4) is 0 Å². The highest BCUT2D eigenvalue weighted by atomic mass is 16.5. The second-order valence-corrected chi connectivity index (χ2v) is 14.4. The number of ether oxygens (including phenoxy) is 2. The van der Waals surface area contributed by atoms with Crippen molar-refractivity contribution in [2.24, 2.45) is 34.5 Å². The van der Waals surface area contributed by atoms with Gasteiger partial charge in [0.15, 0.2) is 6.10 Å². The van der Waals surface area contributed by atoms with E-state index in [0.29, 0.717) is 23.3 Å². The maximum absolute atomic E-state index is 12.4. The van der Waals surface area contributed by atoms with Crippen molar-refractivity contribution < 1.29 is 23.9 Å². The highest BCUT2D eigenvalue weighted by Crippen LogP contribution is 2.67. The lowest BCUT2D eigenvalue weighted by atomic mass is 9.44. The minimum absolute atomic E-state index is 0.0591. The van der Waals surface area contributed by atoms with Gasteiger partial charge in [-0.25, -0.2) is 0 Å². The second-order valence-electron chi connectivity index (χ2n) is 14.4. The predicted molar refractivity (Wildman–Crippen MR) is 139 cm³/mol. The van der Waals surface area contributed by atoms with Gasteiger partial charge in [0, 0.05) is 50.7 Å². The van der Waals surface area contributed by atoms with Crippen LogP contribution in [-0.4, -0.2) is 91.2 Å². The smallest absolute Gasteiger partial charge is 0.303 e. The molecule has 0 amide bonds. The van der Waals surface area contributed by atoms with Gasteiger partial charge in [-0.1, -0.05) is 13.8 Å². The molecule has 6 nitrogen and oxygen atoms in total. The number of morpholine rings is 1. The summed E-state index contributed by atoms with van der Waals surface area (Å²) in [6.45, 7) is 12.7. The summed E-state index contributed by atoms with van der Waals surface area (Å²) in [5.74, 6) is 2.64. The molecule has 204 valence electrons. The van der Waals surface area contributed by atoms with E-state index >= 15 is 0 Å². The number of esters is 1. The molecule has 4 saturated carbocycles. The van der Waals surface area contributed by atoms with E-state index in [-0.39, 0.29) is 29.6 Å². The number of hydrogen-bond donors (Lipinski definition) is 1. The summed E-state index contributed by atoms with van der Waals surface area (Å²) < 4.78 is 13.0. The molecule has 2 heterocycles. The van der Waals surface area contributed by atoms with Gasteiger partial charge in [0.05, 0.1) is 39.5 Å². The number of carbonyl (C=O) groups excluding carboxylic acids is 1. The highest BCUT2D eigenvalue weighted by molar-refractivity contribution is 5.66. The predicted octanol–water partition coefficient (Wildman–Crippen LogP) is 3.85. The maximum atomic E-state index is 12.4. The lowest BCUT2D eigenvalue weighted by Gasteiger charge is -2.62. The van der Waals surface area contributed by atoms with Crippen molar-refractivity contribution >= 4 is 5.97 Å². The molecule has 6 aliphatic rings. The minimum atomic E-state index is -0.199. The summed E-state index contributed by atoms with van der Waals surface area (Å²) >= 11 is 0. The molecule has 4 aliphatic carbocycles. The molecule has 2 saturated heterocycles. The van der Waals surface area contributed by atoms with E-state index in [9.17, 15) is 9.90 Å². The van der Waals surface area contributed by atoms with Crippen LogP contribution in [0.2, 0.25) is 0 Å². The molecule has 0 aromatic heterocycles. The molecular formula is C30H51N2O4+. The first-order valence-corrected chi connectivity index (χ1v) is 15.2. The second kappa shape index (κ2) is 9.20. The highest BCUT2D eigenvalue weighted by Gasteiger charge is 2.67. The van der Waals surface area contributed by atoms with Crippen molar-refractivity contribution in [3.05, 3.63) is 0 Å². The first-order chi connectivity index (χ1) is 17.2. The lowest BCUT2D eigenvalue weighted by molar-refractivity contribution is -0.924. The van der Waals surface area contributed by atoms with Crippen LogP contribution in [0, 0.1) is 34.5 Å². The molecule has 0 aromatic carbocycles. The molecule has 0 aromatic rings. The summed E-state index contributed by atoms with van der Waals surface area (Å²) in [7, 11) is 2.44. The fourth-order valence-corrected chi connectivity index (χ4v) is 10.9. The van der Waals surface area contributed by atoms with Crippen LogP contribution in [-0.2, 0) is 14.3 Å². The van der Waals surface area contributed by atoms with E-state index in [1.54, 1.807) is 6.92 Å². The van der Waals surface area contributed by atoms with Gasteiger partial charge in [-0.15, -0.1) is 0 Å². The molecule has 0 spiro atoms. The number of carbonyl (C=O) groups is 1. The van der Waals surface area contributed by atoms with Gasteiger partial charge in [-0.05, 0) is 67.6 Å². The van der Waals surface area contributed by atoms with Gasteiger partial charge >= 0.3 is 5.97 Å². The average molecular weight is 504 g/mol. The van der Waals surface area contributed by atoms with Crippen molar-refractivity contribution in [2.45, 2.75) is 103 Å². The Labute approximate surface area is 218 Å². The summed E-state index contributed by atoms with van der Waals surface area (Å²) in [6.07, 6.45) is 10.8. The Hall–Kier alpha value is -0.690. The van der Waals surface area contributed by atoms with Crippen molar-refractivity contribution in [1.29, 1.82) is 0 Å². The fourth-order valence-electron chi connectivity index (χ4n) is 10.9. The molecule has 6 heteroatoms. The summed E-state index contributed by atoms with van der Waals surface area (Å²) in [5.41, 5.74) is 0.399. The molecule has 36 heavy (non-hydrogen) atoms. The summed E-state index contributed by atoms with van der Waals surface area (Å²) in [4.78, 5) is 14.9. The average Bonchev–Trinajstić information content (AvgIpc) is 3.42. The van der Waals surface area contributed by atoms with Crippen LogP contribution in [0.25, 0.3) is 0 Å². The van der Waals surface area contributed by atoms with Crippen LogP contribution in [0.1, 0.15) is 78.6 Å². The van der Waals surface area contributed by atoms with Crippen LogP contribution < -0.4 is 0 Å². The number of likely N-dealkylation sites (N-methyl/N-ethyl adjacent to an activating group) is 1. The molecule has 0 radical (unpaired) electrons. The maximum Gasteiger partial charge on any atom is 0.303 e. The Morgan fingerprint density at radius 1 is 1.03 bits per heavy atom. The van der Waals surface area contributed by atoms with Gasteiger partial charge in [0.2, 0.25) is 0 Å². The number of aliphatic hydroxyl groups excluding tert-OH is 1. The molecule has 6 fully saturated rings. The molecule has 0 bridgehead atoms. The van der Waals surface area contributed by atoms with E-state index < -0.39 is 0 Å². The van der Waals surface area contributed by atoms with E-state index in [1.165, 1.54) is 58.0 Å². The zero-order valence-corrected chi connectivity index (χ0v) is 23.3. The Kier molecular flexibility index (Phi) is 6.54. The molecule has 3 unspecified atom stereocenters. The Bertz CT molecular complexity index is 839. The summed E-state index contributed by atoms with van der Waals surface area (Å²) in [5, 5.41) is 11.2. The van der Waals surface area contributed by atoms with Gasteiger partial charge in [-0.3, -0.25) is 9.69 Å². The molecule has 6 rings (SSSR count). The number of nitrogens with zero attached hydrogens (tertiary/aromatic N) is 2. The number of hydrogen-bond acceptors (Lipinski definition) is 5. The lowest BCUT2D eigenvalue weighted by Crippen LogP contribution is -2.61. The molecule has 2 aliphatic heterocycles. The largest absolute Gasteiger partial charge is 0.456 e. The number of aliphatic hydroxyl groups is 1. The minimum Gasteiger partial charge on any atom is -0.456 e. The van der Waals surface area contributed by atoms with Gasteiger partial charge < -0.3 is 19.1 Å². The van der Waals surface area contributed by atoms with E-state index in [4.69, 9.17) is 9.47 Å². The fraction of sp³-hybridized carbons (Fsp3) is 0.967. The molecular weight excluding hydrogens is 452 g/mol. The van der Waals surface area contributed by atoms with Crippen LogP contribution >= 0.6 is 0 Å². The van der Waals surface area contributed by atoms with Crippen molar-refractivity contribution in [1.82, 2.24) is 4.90 Å². The summed E-state index contributed by atoms with van der Waals surface area (Å²) in [6, 6.07) is 0.728. The monoisotopic (exact) mass is 503 g/mol. The Balaban J connectivity index is 1.29. The van der Waals surface area contributed by atoms with Gasteiger partial charge in [0.25, 0.3) is 0 Å². The van der Waals surface area contributed by atoms with Gasteiger partial charge in [-0.2, -0.15) is 0 Å². The topological polar surface area (TPSA) is 59.0 Å². The van der Waals surface area contributed by atoms with Crippen molar-refractivity contribution in [3.8, 4) is 0 Å². The van der Waals surface area contributed by atoms with E-state index in [2.05, 4.69) is 25.8 Å². The molecule has 10 atom stereocenters. The van der Waals surface area contributed by atoms with Crippen LogP contribution in [0.15, 0.2) is 0 Å². The zero-order chi connectivity index (χ0) is 25.3. The number of quaternary nitrogens is 1. The standard InChI is InChI=1S/C30H51N2O4/c1-20(33)36-28-26(32(4)13-5-6-14-32)18-24-22-8-7-21-17-27(34)25(31-11-15-35-16-12-31)19-30(21,3)23(22)9-10-29(24,28)2/h21-28,34H,5-19H2,1-4H3/q+1/t21-,22?,23?,24?,25-,26-,27-,28-,29-,30-/m0/s1. The van der Waals surface area contributed by atoms with Gasteiger partial charge in [0.1, 0.15) is 6.04 Å². The first kappa shape index (κ1) is 25.6. The number of fused-ring (bicyclic) bond motifs is 5. The van der Waals surface area contributed by atoms with E-state index in [0.717, 1.165) is 55.5 Å². The number of likely N-dealkylation sites (tertiary alicyclic amines) is 1. The third-order valence-corrected chi connectivity index (χ3v) is 12.8. The van der Waals surface area contributed by atoms with Crippen LogP contribution in [0.4, 0.5) is 0 Å². The first-order valence-electron chi connectivity index (χ1n) is 15.2. The van der Waals surface area contributed by atoms with Crippen molar-refractivity contribution in [2.75, 3.05) is 46.4 Å². The van der Waals surface area contributed by atoms with E-state index in [1.807, 2.05) is 0 Å². The van der Waals surface area contributed by atoms with Crippen LogP contribution in [0.5, 0.6) is 0 Å². The third-order valence-electron chi connectivity index (χ3n) is 12.8. The SMILES string of the molecule is CC(=O)O[C@H]1[C@@H]([N+]2(C)CCCC2)CC2C3CC[C@H]4C[C@H](O)[C@@H](N5CCOCC5)C[C@]4(C)C3CC[C@@]21C. The zero-order valence-electron chi connectivity index (χ0n) is 23.3. The quantitative estimate of drug-likeness (QED) is 0.468. The van der Waals surface area contributed by atoms with Crippen molar-refractivity contribution in [3.63, 3.8) is 0 Å². The molecule has 1 N–H and O–H groups in total.